The molecule has 174 valence electrons. The Kier molecular flexibility index (Phi) is 7.06. The van der Waals surface area contributed by atoms with Gasteiger partial charge in [0, 0.05) is 13.1 Å². The molecule has 0 unspecified atom stereocenters. The largest absolute Gasteiger partial charge is 0.495 e. The maximum Gasteiger partial charge on any atom is 0.245 e. The maximum atomic E-state index is 13.6. The zero-order chi connectivity index (χ0) is 23.5. The Labute approximate surface area is 186 Å². The first-order valence-electron chi connectivity index (χ1n) is 9.73. The van der Waals surface area contributed by atoms with Crippen molar-refractivity contribution in [2.45, 2.75) is 17.7 Å². The van der Waals surface area contributed by atoms with E-state index in [4.69, 9.17) is 4.74 Å². The molecule has 1 heterocycles. The molecule has 9 nitrogen and oxygen atoms in total. The van der Waals surface area contributed by atoms with Crippen LogP contribution in [0.4, 0.5) is 15.8 Å². The molecule has 1 saturated heterocycles. The molecule has 12 heteroatoms. The minimum absolute atomic E-state index is 0.0133. The van der Waals surface area contributed by atoms with Gasteiger partial charge in [-0.2, -0.15) is 4.31 Å². The highest BCUT2D eigenvalue weighted by Crippen LogP contribution is 2.30. The Balaban J connectivity index is 1.87. The van der Waals surface area contributed by atoms with Crippen LogP contribution in [0.1, 0.15) is 12.8 Å². The van der Waals surface area contributed by atoms with Gasteiger partial charge in [0.05, 0.1) is 29.6 Å². The molecule has 0 atom stereocenters. The van der Waals surface area contributed by atoms with Gasteiger partial charge in [0.1, 0.15) is 18.1 Å². The third kappa shape index (κ3) is 5.37. The Morgan fingerprint density at radius 3 is 2.41 bits per heavy atom. The summed E-state index contributed by atoms with van der Waals surface area (Å²) in [5, 5.41) is 2.50. The summed E-state index contributed by atoms with van der Waals surface area (Å²) in [5.74, 6) is -1.21. The summed E-state index contributed by atoms with van der Waals surface area (Å²) in [5.41, 5.74) is 0.0606. The van der Waals surface area contributed by atoms with Crippen molar-refractivity contribution in [1.29, 1.82) is 0 Å². The van der Waals surface area contributed by atoms with Crippen LogP contribution in [0.3, 0.4) is 0 Å². The summed E-state index contributed by atoms with van der Waals surface area (Å²) in [7, 11) is -6.29. The van der Waals surface area contributed by atoms with E-state index in [1.54, 1.807) is 0 Å². The molecule has 0 spiro atoms. The zero-order valence-corrected chi connectivity index (χ0v) is 19.2. The van der Waals surface area contributed by atoms with E-state index in [1.807, 2.05) is 0 Å². The first-order valence-corrected chi connectivity index (χ1v) is 13.0. The summed E-state index contributed by atoms with van der Waals surface area (Å²) >= 11 is 0. The molecule has 1 fully saturated rings. The van der Waals surface area contributed by atoms with Crippen molar-refractivity contribution >= 4 is 37.3 Å². The Hall–Kier alpha value is -2.70. The average Bonchev–Trinajstić information content (AvgIpc) is 3.27. The molecule has 1 N–H and O–H groups in total. The molecule has 3 rings (SSSR count). The summed E-state index contributed by atoms with van der Waals surface area (Å²) in [4.78, 5) is 12.7. The minimum atomic E-state index is -3.91. The lowest BCUT2D eigenvalue weighted by molar-refractivity contribution is -0.114. The first-order chi connectivity index (χ1) is 15.0. The lowest BCUT2D eigenvalue weighted by atomic mass is 10.3. The summed E-state index contributed by atoms with van der Waals surface area (Å²) in [6, 6.07) is 8.92. The molecule has 1 aliphatic rings. The molecule has 0 radical (unpaired) electrons. The van der Waals surface area contributed by atoms with Crippen LogP contribution < -0.4 is 14.4 Å². The number of ether oxygens (including phenoxy) is 1. The smallest absolute Gasteiger partial charge is 0.245 e. The molecule has 1 amide bonds. The number of rotatable bonds is 8. The van der Waals surface area contributed by atoms with Gasteiger partial charge in [-0.15, -0.1) is 0 Å². The van der Waals surface area contributed by atoms with Crippen LogP contribution in [0.2, 0.25) is 0 Å². The Morgan fingerprint density at radius 1 is 1.12 bits per heavy atom. The fourth-order valence-corrected chi connectivity index (χ4v) is 5.77. The van der Waals surface area contributed by atoms with E-state index in [9.17, 15) is 26.0 Å². The van der Waals surface area contributed by atoms with E-state index >= 15 is 0 Å². The molecule has 0 aliphatic carbocycles. The number of anilines is 2. The average molecular weight is 486 g/mol. The van der Waals surface area contributed by atoms with Crippen molar-refractivity contribution in [1.82, 2.24) is 4.31 Å². The van der Waals surface area contributed by atoms with Crippen LogP contribution in [0, 0.1) is 5.82 Å². The van der Waals surface area contributed by atoms with Crippen molar-refractivity contribution < 1.29 is 30.8 Å². The summed E-state index contributed by atoms with van der Waals surface area (Å²) in [6.07, 6.45) is 2.45. The predicted molar refractivity (Wildman–Crippen MR) is 118 cm³/mol. The minimum Gasteiger partial charge on any atom is -0.495 e. The molecule has 2 aromatic rings. The molecule has 2 aromatic carbocycles. The van der Waals surface area contributed by atoms with Crippen LogP contribution >= 0.6 is 0 Å². The molecule has 0 aromatic heterocycles. The number of benzene rings is 2. The second kappa shape index (κ2) is 9.43. The lowest BCUT2D eigenvalue weighted by Gasteiger charge is -2.22. The summed E-state index contributed by atoms with van der Waals surface area (Å²) < 4.78 is 71.0. The van der Waals surface area contributed by atoms with Gasteiger partial charge in [-0.05, 0) is 49.2 Å². The number of halogens is 1. The Morgan fingerprint density at radius 2 is 1.81 bits per heavy atom. The SMILES string of the molecule is COc1ccc(S(=O)(=O)N2CCCC2)cc1NC(=O)CN(c1cccc(F)c1)S(C)(=O)=O. The van der Waals surface area contributed by atoms with Crippen LogP contribution in [0.5, 0.6) is 5.75 Å². The lowest BCUT2D eigenvalue weighted by Crippen LogP contribution is -2.37. The number of methoxy groups -OCH3 is 1. The van der Waals surface area contributed by atoms with Crippen molar-refractivity contribution in [3.05, 3.63) is 48.3 Å². The highest BCUT2D eigenvalue weighted by atomic mass is 32.2. The van der Waals surface area contributed by atoms with Gasteiger partial charge in [-0.25, -0.2) is 21.2 Å². The third-order valence-electron chi connectivity index (χ3n) is 4.93. The fourth-order valence-electron chi connectivity index (χ4n) is 3.37. The van der Waals surface area contributed by atoms with Gasteiger partial charge in [0.2, 0.25) is 26.0 Å². The van der Waals surface area contributed by atoms with E-state index in [0.717, 1.165) is 35.5 Å². The van der Waals surface area contributed by atoms with E-state index < -0.39 is 38.3 Å². The molecule has 1 aliphatic heterocycles. The van der Waals surface area contributed by atoms with Crippen molar-refractivity contribution in [2.75, 3.05) is 42.6 Å². The van der Waals surface area contributed by atoms with Gasteiger partial charge in [0.25, 0.3) is 0 Å². The third-order valence-corrected chi connectivity index (χ3v) is 7.97. The quantitative estimate of drug-likeness (QED) is 0.612. The number of carbonyl (C=O) groups excluding carboxylic acids is 1. The van der Waals surface area contributed by atoms with Gasteiger partial charge in [-0.1, -0.05) is 6.07 Å². The number of hydrogen-bond acceptors (Lipinski definition) is 6. The van der Waals surface area contributed by atoms with E-state index in [1.165, 1.54) is 41.7 Å². The van der Waals surface area contributed by atoms with Crippen molar-refractivity contribution in [3.8, 4) is 5.75 Å². The van der Waals surface area contributed by atoms with Gasteiger partial charge >= 0.3 is 0 Å². The number of sulfonamides is 2. The number of amides is 1. The topological polar surface area (TPSA) is 113 Å². The normalized spacial score (nSPS) is 14.8. The molecule has 0 saturated carbocycles. The van der Waals surface area contributed by atoms with Crippen LogP contribution in [-0.4, -0.2) is 60.0 Å². The second-order valence-corrected chi connectivity index (χ2v) is 11.1. The number of nitrogens with zero attached hydrogens (tertiary/aromatic N) is 2. The highest BCUT2D eigenvalue weighted by Gasteiger charge is 2.28. The van der Waals surface area contributed by atoms with Gasteiger partial charge in [-0.3, -0.25) is 9.10 Å². The molecular weight excluding hydrogens is 461 g/mol. The van der Waals surface area contributed by atoms with Crippen molar-refractivity contribution in [2.24, 2.45) is 0 Å². The second-order valence-electron chi connectivity index (χ2n) is 7.27. The standard InChI is InChI=1S/C20H24FN3O6S2/c1-30-19-9-8-17(32(28,29)23-10-3-4-11-23)13-18(19)22-20(25)14-24(31(2,26)27)16-7-5-6-15(21)12-16/h5-9,12-13H,3-4,10-11,14H2,1-2H3,(H,22,25). The summed E-state index contributed by atoms with van der Waals surface area (Å²) in [6.45, 7) is 0.203. The molecular formula is C20H24FN3O6S2. The highest BCUT2D eigenvalue weighted by molar-refractivity contribution is 7.92. The number of carbonyl (C=O) groups is 1. The van der Waals surface area contributed by atoms with Crippen LogP contribution in [0.15, 0.2) is 47.4 Å². The maximum absolute atomic E-state index is 13.6. The predicted octanol–water partition coefficient (Wildman–Crippen LogP) is 2.02. The zero-order valence-electron chi connectivity index (χ0n) is 17.6. The number of hydrogen-bond donors (Lipinski definition) is 1. The van der Waals surface area contributed by atoms with Gasteiger partial charge < -0.3 is 10.1 Å². The van der Waals surface area contributed by atoms with E-state index in [0.29, 0.717) is 13.1 Å². The van der Waals surface area contributed by atoms with E-state index in [-0.39, 0.29) is 22.0 Å². The van der Waals surface area contributed by atoms with E-state index in [2.05, 4.69) is 5.32 Å². The van der Waals surface area contributed by atoms with Crippen LogP contribution in [-0.2, 0) is 24.8 Å². The first kappa shape index (κ1) is 24.0. The fraction of sp³-hybridized carbons (Fsp3) is 0.350. The molecule has 0 bridgehead atoms. The van der Waals surface area contributed by atoms with Gasteiger partial charge in [0.15, 0.2) is 0 Å². The Bertz CT molecular complexity index is 1210. The molecule has 32 heavy (non-hydrogen) atoms. The van der Waals surface area contributed by atoms with Crippen LogP contribution in [0.25, 0.3) is 0 Å². The monoisotopic (exact) mass is 485 g/mol. The van der Waals surface area contributed by atoms with Crippen molar-refractivity contribution in [3.63, 3.8) is 0 Å². The number of nitrogens with one attached hydrogen (secondary N) is 1.